The molecule has 1 unspecified atom stereocenters. The molecule has 1 saturated carbocycles. The molecule has 4 heterocycles. The van der Waals surface area contributed by atoms with Crippen LogP contribution in [0.5, 0.6) is 11.5 Å². The fraction of sp³-hybridized carbons (Fsp3) is 0.425. The van der Waals surface area contributed by atoms with Crippen LogP contribution in [0.2, 0.25) is 5.02 Å². The summed E-state index contributed by atoms with van der Waals surface area (Å²) in [6.45, 7) is 12.3. The summed E-state index contributed by atoms with van der Waals surface area (Å²) >= 11 is 6.23. The van der Waals surface area contributed by atoms with Gasteiger partial charge in [0, 0.05) is 68.3 Å². The Balaban J connectivity index is 0.869. The van der Waals surface area contributed by atoms with Crippen LogP contribution in [0.25, 0.3) is 0 Å². The van der Waals surface area contributed by atoms with Crippen molar-refractivity contribution in [3.8, 4) is 17.6 Å². The molecule has 3 fully saturated rings. The number of carbonyl (C=O) groups is 5. The molecule has 55 heavy (non-hydrogen) atoms. The lowest BCUT2D eigenvalue weighted by Crippen LogP contribution is -2.74. The Hall–Kier alpha value is -5.52. The van der Waals surface area contributed by atoms with Crippen LogP contribution in [0.1, 0.15) is 77.2 Å². The normalized spacial score (nSPS) is 23.0. The van der Waals surface area contributed by atoms with Crippen molar-refractivity contribution in [2.75, 3.05) is 44.2 Å². The standard InChI is InChI=1S/C40H42ClN7O7/c1-39(2)37(40(3,4)38(39)55-26-7-5-23(21-42)29(41)20-26)45-33(50)24-6-11-31(43-22-24)47-15-13-46(14-16-47)17-18-54-25-8-9-27-28(19-25)36(53)48(35(27)52)30-10-12-32(49)44-34(30)51/h5-9,11,19-20,22,30,37-38H,10,12-18H2,1-4H3,(H,45,50)(H,44,49,51). The van der Waals surface area contributed by atoms with Gasteiger partial charge in [0.25, 0.3) is 17.7 Å². The minimum Gasteiger partial charge on any atom is -0.492 e. The number of aromatic nitrogens is 1. The maximum atomic E-state index is 13.4. The summed E-state index contributed by atoms with van der Waals surface area (Å²) in [6.07, 6.45) is 1.55. The molecule has 1 aliphatic carbocycles. The summed E-state index contributed by atoms with van der Waals surface area (Å²) in [6, 6.07) is 14.3. The van der Waals surface area contributed by atoms with Gasteiger partial charge in [0.15, 0.2) is 0 Å². The summed E-state index contributed by atoms with van der Waals surface area (Å²) in [7, 11) is 0. The lowest BCUT2D eigenvalue weighted by molar-refractivity contribution is -0.164. The summed E-state index contributed by atoms with van der Waals surface area (Å²) in [5.41, 5.74) is 0.459. The molecule has 15 heteroatoms. The van der Waals surface area contributed by atoms with Crippen molar-refractivity contribution < 1.29 is 33.4 Å². The van der Waals surface area contributed by atoms with E-state index in [4.69, 9.17) is 21.1 Å². The largest absolute Gasteiger partial charge is 0.492 e. The molecular weight excluding hydrogens is 726 g/mol. The zero-order valence-electron chi connectivity index (χ0n) is 31.1. The van der Waals surface area contributed by atoms with Gasteiger partial charge in [-0.2, -0.15) is 5.26 Å². The van der Waals surface area contributed by atoms with E-state index in [0.717, 1.165) is 36.9 Å². The average Bonchev–Trinajstić information content (AvgIpc) is 3.41. The molecule has 0 bridgehead atoms. The molecule has 2 N–H and O–H groups in total. The number of piperidine rings is 1. The number of amides is 5. The number of rotatable bonds is 10. The third-order valence-corrected chi connectivity index (χ3v) is 11.5. The number of halogens is 1. The Morgan fingerprint density at radius 1 is 0.964 bits per heavy atom. The van der Waals surface area contributed by atoms with E-state index in [0.29, 0.717) is 40.8 Å². The molecule has 3 aromatic rings. The molecule has 14 nitrogen and oxygen atoms in total. The number of carbonyl (C=O) groups excluding carboxylic acids is 5. The van der Waals surface area contributed by atoms with Crippen LogP contribution >= 0.6 is 11.6 Å². The van der Waals surface area contributed by atoms with Crippen LogP contribution in [0.15, 0.2) is 54.7 Å². The van der Waals surface area contributed by atoms with E-state index in [9.17, 15) is 29.2 Å². The highest BCUT2D eigenvalue weighted by Gasteiger charge is 2.64. The molecule has 0 radical (unpaired) electrons. The number of hydrogen-bond donors (Lipinski definition) is 2. The SMILES string of the molecule is CC1(C)C(NC(=O)c2ccc(N3CCN(CCOc4ccc5c(c4)C(=O)N(C4CCC(=O)NC4=O)C5=O)CC3)nc2)C(C)(C)C1Oc1ccc(C#N)c(Cl)c1. The molecular formula is C40H42ClN7O7. The van der Waals surface area contributed by atoms with Crippen molar-refractivity contribution in [3.63, 3.8) is 0 Å². The number of piperazine rings is 1. The number of anilines is 1. The fourth-order valence-electron chi connectivity index (χ4n) is 8.55. The fourth-order valence-corrected chi connectivity index (χ4v) is 8.76. The minimum absolute atomic E-state index is 0.0607. The molecule has 2 saturated heterocycles. The third kappa shape index (κ3) is 7.10. The van der Waals surface area contributed by atoms with Crippen molar-refractivity contribution in [2.45, 2.75) is 58.7 Å². The van der Waals surface area contributed by atoms with Crippen LogP contribution in [-0.4, -0.2) is 102 Å². The average molecular weight is 768 g/mol. The van der Waals surface area contributed by atoms with Crippen LogP contribution in [0.4, 0.5) is 5.82 Å². The van der Waals surface area contributed by atoms with E-state index >= 15 is 0 Å². The highest BCUT2D eigenvalue weighted by Crippen LogP contribution is 2.55. The summed E-state index contributed by atoms with van der Waals surface area (Å²) in [4.78, 5) is 73.4. The van der Waals surface area contributed by atoms with Gasteiger partial charge in [-0.05, 0) is 48.9 Å². The molecule has 0 spiro atoms. The lowest BCUT2D eigenvalue weighted by atomic mass is 9.49. The smallest absolute Gasteiger partial charge is 0.262 e. The van der Waals surface area contributed by atoms with Crippen molar-refractivity contribution in [1.82, 2.24) is 25.4 Å². The van der Waals surface area contributed by atoms with Gasteiger partial charge in [-0.3, -0.25) is 39.1 Å². The van der Waals surface area contributed by atoms with E-state index in [-0.39, 0.29) is 52.9 Å². The van der Waals surface area contributed by atoms with Gasteiger partial charge in [-0.15, -0.1) is 0 Å². The molecule has 4 aliphatic rings. The van der Waals surface area contributed by atoms with E-state index in [1.54, 1.807) is 36.5 Å². The van der Waals surface area contributed by atoms with Crippen molar-refractivity contribution >= 4 is 47.0 Å². The van der Waals surface area contributed by atoms with Gasteiger partial charge in [0.05, 0.1) is 27.3 Å². The molecule has 1 atom stereocenters. The van der Waals surface area contributed by atoms with Gasteiger partial charge in [-0.25, -0.2) is 4.98 Å². The minimum atomic E-state index is -1.02. The van der Waals surface area contributed by atoms with Crippen LogP contribution in [0, 0.1) is 22.2 Å². The number of fused-ring (bicyclic) bond motifs is 1. The Kier molecular flexibility index (Phi) is 10.0. The molecule has 2 aromatic carbocycles. The topological polar surface area (TPSA) is 174 Å². The van der Waals surface area contributed by atoms with Crippen LogP contribution < -0.4 is 25.0 Å². The number of benzene rings is 2. The van der Waals surface area contributed by atoms with Gasteiger partial charge in [-0.1, -0.05) is 39.3 Å². The van der Waals surface area contributed by atoms with Gasteiger partial charge >= 0.3 is 0 Å². The number of pyridine rings is 1. The second-order valence-electron chi connectivity index (χ2n) is 15.5. The highest BCUT2D eigenvalue weighted by molar-refractivity contribution is 6.31. The van der Waals surface area contributed by atoms with Gasteiger partial charge in [0.2, 0.25) is 11.8 Å². The quantitative estimate of drug-likeness (QED) is 0.287. The lowest BCUT2D eigenvalue weighted by Gasteiger charge is -2.63. The summed E-state index contributed by atoms with van der Waals surface area (Å²) in [5, 5.41) is 14.9. The maximum Gasteiger partial charge on any atom is 0.262 e. The molecule has 1 aromatic heterocycles. The second kappa shape index (κ2) is 14.6. The molecule has 286 valence electrons. The van der Waals surface area contributed by atoms with Crippen LogP contribution in [0.3, 0.4) is 0 Å². The summed E-state index contributed by atoms with van der Waals surface area (Å²) in [5.74, 6) is -0.593. The van der Waals surface area contributed by atoms with Crippen molar-refractivity contribution in [3.05, 3.63) is 82.0 Å². The first-order valence-electron chi connectivity index (χ1n) is 18.3. The van der Waals surface area contributed by atoms with Gasteiger partial charge in [0.1, 0.15) is 42.1 Å². The molecule has 7 rings (SSSR count). The number of ether oxygens (including phenoxy) is 2. The number of nitrogens with one attached hydrogen (secondary N) is 2. The molecule has 5 amide bonds. The Labute approximate surface area is 323 Å². The molecule has 3 aliphatic heterocycles. The maximum absolute atomic E-state index is 13.4. The predicted molar refractivity (Wildman–Crippen MR) is 201 cm³/mol. The number of hydrogen-bond acceptors (Lipinski definition) is 11. The first kappa shape index (κ1) is 37.8. The van der Waals surface area contributed by atoms with Gasteiger partial charge < -0.3 is 19.7 Å². The van der Waals surface area contributed by atoms with Crippen molar-refractivity contribution in [2.24, 2.45) is 10.8 Å². The monoisotopic (exact) mass is 767 g/mol. The number of nitrogens with zero attached hydrogens (tertiary/aromatic N) is 5. The van der Waals surface area contributed by atoms with E-state index < -0.39 is 29.7 Å². The van der Waals surface area contributed by atoms with E-state index in [2.05, 4.69) is 59.2 Å². The zero-order valence-corrected chi connectivity index (χ0v) is 31.8. The second-order valence-corrected chi connectivity index (χ2v) is 15.9. The Bertz CT molecular complexity index is 2090. The highest BCUT2D eigenvalue weighted by atomic mass is 35.5. The van der Waals surface area contributed by atoms with Crippen molar-refractivity contribution in [1.29, 1.82) is 5.26 Å². The van der Waals surface area contributed by atoms with E-state index in [1.807, 2.05) is 6.07 Å². The zero-order chi connectivity index (χ0) is 39.2. The van der Waals surface area contributed by atoms with E-state index in [1.165, 1.54) is 12.1 Å². The third-order valence-electron chi connectivity index (χ3n) is 11.2. The number of nitriles is 1. The Morgan fingerprint density at radius 2 is 1.67 bits per heavy atom. The first-order valence-corrected chi connectivity index (χ1v) is 18.7. The number of imide groups is 2. The first-order chi connectivity index (χ1) is 26.2. The predicted octanol–water partition coefficient (Wildman–Crippen LogP) is 3.82. The summed E-state index contributed by atoms with van der Waals surface area (Å²) < 4.78 is 12.3. The van der Waals surface area contributed by atoms with Crippen LogP contribution in [-0.2, 0) is 9.59 Å². The Morgan fingerprint density at radius 3 is 2.33 bits per heavy atom.